The molecule has 0 unspecified atom stereocenters. The molecule has 98 valence electrons. The Morgan fingerprint density at radius 2 is 2.28 bits per heavy atom. The zero-order chi connectivity index (χ0) is 13.3. The number of benzene rings is 1. The van der Waals surface area contributed by atoms with Crippen LogP contribution in [0, 0.1) is 17.7 Å². The quantitative estimate of drug-likeness (QED) is 0.919. The van der Waals surface area contributed by atoms with Gasteiger partial charge >= 0.3 is 5.97 Å². The van der Waals surface area contributed by atoms with Gasteiger partial charge in [0.05, 0.1) is 10.9 Å². The van der Waals surface area contributed by atoms with Crippen LogP contribution >= 0.6 is 11.6 Å². The molecule has 0 spiro atoms. The highest BCUT2D eigenvalue weighted by Crippen LogP contribution is 2.25. The van der Waals surface area contributed by atoms with Crippen molar-refractivity contribution in [1.82, 2.24) is 4.90 Å². The maximum Gasteiger partial charge on any atom is 0.308 e. The summed E-state index contributed by atoms with van der Waals surface area (Å²) in [6.07, 6.45) is 0. The van der Waals surface area contributed by atoms with Crippen LogP contribution in [0.4, 0.5) is 4.39 Å². The Balaban J connectivity index is 2.03. The predicted molar refractivity (Wildman–Crippen MR) is 67.0 cm³/mol. The zero-order valence-corrected chi connectivity index (χ0v) is 10.8. The standard InChI is InChI=1S/C13H15ClFNO2/c1-8-5-16(7-10(8)13(17)18)6-9-2-3-11(14)12(15)4-9/h2-4,8,10H,5-7H2,1H3,(H,17,18)/t8-,10-/m1/s1. The Hall–Kier alpha value is -1.13. The molecule has 2 atom stereocenters. The van der Waals surface area contributed by atoms with E-state index >= 15 is 0 Å². The number of rotatable bonds is 3. The third-order valence-corrected chi connectivity index (χ3v) is 3.70. The van der Waals surface area contributed by atoms with Crippen LogP contribution in [-0.4, -0.2) is 29.1 Å². The van der Waals surface area contributed by atoms with E-state index in [-0.39, 0.29) is 16.9 Å². The van der Waals surface area contributed by atoms with Crippen LogP contribution < -0.4 is 0 Å². The predicted octanol–water partition coefficient (Wildman–Crippen LogP) is 2.63. The Morgan fingerprint density at radius 1 is 1.56 bits per heavy atom. The van der Waals surface area contributed by atoms with Crippen LogP contribution in [0.2, 0.25) is 5.02 Å². The fraction of sp³-hybridized carbons (Fsp3) is 0.462. The molecule has 18 heavy (non-hydrogen) atoms. The van der Waals surface area contributed by atoms with Crippen molar-refractivity contribution in [1.29, 1.82) is 0 Å². The van der Waals surface area contributed by atoms with E-state index in [0.717, 1.165) is 12.1 Å². The summed E-state index contributed by atoms with van der Waals surface area (Å²) in [6.45, 7) is 3.73. The van der Waals surface area contributed by atoms with Crippen molar-refractivity contribution in [3.8, 4) is 0 Å². The second-order valence-electron chi connectivity index (χ2n) is 4.86. The van der Waals surface area contributed by atoms with Crippen molar-refractivity contribution < 1.29 is 14.3 Å². The van der Waals surface area contributed by atoms with Crippen LogP contribution in [0.15, 0.2) is 18.2 Å². The third kappa shape index (κ3) is 2.82. The second-order valence-corrected chi connectivity index (χ2v) is 5.27. The SMILES string of the molecule is C[C@@H]1CN(Cc2ccc(Cl)c(F)c2)C[C@H]1C(=O)O. The number of carbonyl (C=O) groups is 1. The van der Waals surface area contributed by atoms with Gasteiger partial charge in [-0.3, -0.25) is 9.69 Å². The molecule has 2 rings (SSSR count). The van der Waals surface area contributed by atoms with Gasteiger partial charge in [0, 0.05) is 19.6 Å². The molecule has 0 aromatic heterocycles. The normalized spacial score (nSPS) is 24.4. The number of likely N-dealkylation sites (tertiary alicyclic amines) is 1. The first-order valence-corrected chi connectivity index (χ1v) is 6.24. The number of nitrogens with zero attached hydrogens (tertiary/aromatic N) is 1. The topological polar surface area (TPSA) is 40.5 Å². The van der Waals surface area contributed by atoms with Gasteiger partial charge in [0.1, 0.15) is 5.82 Å². The van der Waals surface area contributed by atoms with Crippen molar-refractivity contribution in [3.63, 3.8) is 0 Å². The minimum Gasteiger partial charge on any atom is -0.481 e. The number of carboxylic acids is 1. The van der Waals surface area contributed by atoms with E-state index in [0.29, 0.717) is 13.1 Å². The molecule has 0 amide bonds. The highest BCUT2D eigenvalue weighted by molar-refractivity contribution is 6.30. The summed E-state index contributed by atoms with van der Waals surface area (Å²) in [7, 11) is 0. The molecule has 5 heteroatoms. The van der Waals surface area contributed by atoms with Gasteiger partial charge in [0.25, 0.3) is 0 Å². The van der Waals surface area contributed by atoms with E-state index < -0.39 is 11.8 Å². The van der Waals surface area contributed by atoms with Crippen LogP contribution in [0.5, 0.6) is 0 Å². The lowest BCUT2D eigenvalue weighted by molar-refractivity contribution is -0.142. The Labute approximate surface area is 110 Å². The summed E-state index contributed by atoms with van der Waals surface area (Å²) in [4.78, 5) is 13.0. The van der Waals surface area contributed by atoms with Gasteiger partial charge in [-0.2, -0.15) is 0 Å². The number of halogens is 2. The zero-order valence-electron chi connectivity index (χ0n) is 10.1. The van der Waals surface area contributed by atoms with Crippen molar-refractivity contribution in [3.05, 3.63) is 34.6 Å². The molecule has 0 aliphatic carbocycles. The molecular formula is C13H15ClFNO2. The van der Waals surface area contributed by atoms with Gasteiger partial charge < -0.3 is 5.11 Å². The second kappa shape index (κ2) is 5.24. The first-order chi connectivity index (χ1) is 8.47. The first kappa shape index (κ1) is 13.3. The van der Waals surface area contributed by atoms with E-state index in [1.807, 2.05) is 11.8 Å². The molecule has 3 nitrogen and oxygen atoms in total. The van der Waals surface area contributed by atoms with Gasteiger partial charge in [-0.25, -0.2) is 4.39 Å². The maximum atomic E-state index is 13.3. The molecule has 1 fully saturated rings. The molecule has 0 bridgehead atoms. The molecule has 1 N–H and O–H groups in total. The highest BCUT2D eigenvalue weighted by atomic mass is 35.5. The monoisotopic (exact) mass is 271 g/mol. The average molecular weight is 272 g/mol. The summed E-state index contributed by atoms with van der Waals surface area (Å²) in [5.41, 5.74) is 0.815. The molecule has 0 saturated carbocycles. The van der Waals surface area contributed by atoms with Crippen LogP contribution in [-0.2, 0) is 11.3 Å². The summed E-state index contributed by atoms with van der Waals surface area (Å²) in [5.74, 6) is -1.40. The van der Waals surface area contributed by atoms with Gasteiger partial charge in [0.2, 0.25) is 0 Å². The van der Waals surface area contributed by atoms with Crippen LogP contribution in [0.25, 0.3) is 0 Å². The van der Waals surface area contributed by atoms with E-state index in [1.54, 1.807) is 6.07 Å². The lowest BCUT2D eigenvalue weighted by Gasteiger charge is -2.15. The summed E-state index contributed by atoms with van der Waals surface area (Å²) < 4.78 is 13.3. The van der Waals surface area contributed by atoms with E-state index in [4.69, 9.17) is 16.7 Å². The van der Waals surface area contributed by atoms with Gasteiger partial charge in [-0.05, 0) is 23.6 Å². The van der Waals surface area contributed by atoms with Crippen molar-refractivity contribution in [2.24, 2.45) is 11.8 Å². The fourth-order valence-corrected chi connectivity index (χ4v) is 2.53. The van der Waals surface area contributed by atoms with Gasteiger partial charge in [-0.15, -0.1) is 0 Å². The summed E-state index contributed by atoms with van der Waals surface area (Å²) in [5, 5.41) is 9.15. The minimum absolute atomic E-state index is 0.108. The van der Waals surface area contributed by atoms with Crippen molar-refractivity contribution in [2.75, 3.05) is 13.1 Å². The van der Waals surface area contributed by atoms with E-state index in [1.165, 1.54) is 12.1 Å². The number of hydrogen-bond acceptors (Lipinski definition) is 2. The van der Waals surface area contributed by atoms with Crippen molar-refractivity contribution in [2.45, 2.75) is 13.5 Å². The lowest BCUT2D eigenvalue weighted by atomic mass is 9.99. The molecule has 0 radical (unpaired) electrons. The van der Waals surface area contributed by atoms with Crippen LogP contribution in [0.3, 0.4) is 0 Å². The molecule has 1 aliphatic rings. The maximum absolute atomic E-state index is 13.3. The Morgan fingerprint density at radius 3 is 2.83 bits per heavy atom. The summed E-state index contributed by atoms with van der Waals surface area (Å²) >= 11 is 5.62. The average Bonchev–Trinajstić information content (AvgIpc) is 2.65. The van der Waals surface area contributed by atoms with Gasteiger partial charge in [0.15, 0.2) is 0 Å². The molecule has 1 saturated heterocycles. The molecule has 1 heterocycles. The third-order valence-electron chi connectivity index (χ3n) is 3.40. The number of aliphatic carboxylic acids is 1. The fourth-order valence-electron chi connectivity index (χ4n) is 2.41. The highest BCUT2D eigenvalue weighted by Gasteiger charge is 2.34. The largest absolute Gasteiger partial charge is 0.481 e. The first-order valence-electron chi connectivity index (χ1n) is 5.86. The van der Waals surface area contributed by atoms with E-state index in [9.17, 15) is 9.18 Å². The Bertz CT molecular complexity index is 466. The van der Waals surface area contributed by atoms with Gasteiger partial charge in [-0.1, -0.05) is 24.6 Å². The minimum atomic E-state index is -0.757. The van der Waals surface area contributed by atoms with Crippen LogP contribution in [0.1, 0.15) is 12.5 Å². The summed E-state index contributed by atoms with van der Waals surface area (Å²) in [6, 6.07) is 4.70. The molecule has 1 aliphatic heterocycles. The number of carboxylic acid groups (broad SMARTS) is 1. The number of hydrogen-bond donors (Lipinski definition) is 1. The molecule has 1 aromatic carbocycles. The Kier molecular flexibility index (Phi) is 3.88. The smallest absolute Gasteiger partial charge is 0.308 e. The van der Waals surface area contributed by atoms with E-state index in [2.05, 4.69) is 0 Å². The molecule has 1 aromatic rings. The van der Waals surface area contributed by atoms with Crippen molar-refractivity contribution >= 4 is 17.6 Å². The molecular weight excluding hydrogens is 257 g/mol. The lowest BCUT2D eigenvalue weighted by Crippen LogP contribution is -2.23.